The Morgan fingerprint density at radius 2 is 2.11 bits per heavy atom. The third-order valence-corrected chi connectivity index (χ3v) is 2.38. The van der Waals surface area contributed by atoms with Gasteiger partial charge in [-0.1, -0.05) is 11.6 Å². The lowest BCUT2D eigenvalue weighted by Crippen LogP contribution is -2.30. The number of primary amides is 1. The van der Waals surface area contributed by atoms with Crippen LogP contribution in [0.2, 0.25) is 5.02 Å². The van der Waals surface area contributed by atoms with Crippen molar-refractivity contribution in [1.29, 1.82) is 0 Å². The summed E-state index contributed by atoms with van der Waals surface area (Å²) in [5, 5.41) is 10.5. The first-order chi connectivity index (χ1) is 8.32. The Labute approximate surface area is 107 Å². The van der Waals surface area contributed by atoms with Gasteiger partial charge in [-0.2, -0.15) is 0 Å². The van der Waals surface area contributed by atoms with E-state index in [-0.39, 0.29) is 10.6 Å². The van der Waals surface area contributed by atoms with Crippen LogP contribution in [0, 0.1) is 10.1 Å². The molecule has 96 valence electrons. The van der Waals surface area contributed by atoms with Crippen LogP contribution in [0.15, 0.2) is 18.2 Å². The van der Waals surface area contributed by atoms with Crippen LogP contribution in [0.1, 0.15) is 17.3 Å². The van der Waals surface area contributed by atoms with Gasteiger partial charge >= 0.3 is 5.97 Å². The van der Waals surface area contributed by atoms with Gasteiger partial charge in [0.2, 0.25) is 0 Å². The zero-order valence-corrected chi connectivity index (χ0v) is 10.0. The van der Waals surface area contributed by atoms with Gasteiger partial charge < -0.3 is 10.5 Å². The van der Waals surface area contributed by atoms with E-state index in [4.69, 9.17) is 22.1 Å². The normalized spacial score (nSPS) is 11.7. The second kappa shape index (κ2) is 5.46. The summed E-state index contributed by atoms with van der Waals surface area (Å²) in [6, 6.07) is 3.43. The number of hydrogen-bond acceptors (Lipinski definition) is 5. The molecule has 7 nitrogen and oxygen atoms in total. The number of carbonyl (C=O) groups excluding carboxylic acids is 2. The van der Waals surface area contributed by atoms with Crippen LogP contribution in [0.5, 0.6) is 0 Å². The van der Waals surface area contributed by atoms with E-state index in [2.05, 4.69) is 0 Å². The third kappa shape index (κ3) is 3.17. The lowest BCUT2D eigenvalue weighted by molar-refractivity contribution is -0.384. The summed E-state index contributed by atoms with van der Waals surface area (Å²) in [5.74, 6) is -1.70. The highest BCUT2D eigenvalue weighted by Crippen LogP contribution is 2.25. The van der Waals surface area contributed by atoms with Crippen LogP contribution in [-0.2, 0) is 9.53 Å². The minimum absolute atomic E-state index is 0.0841. The average Bonchev–Trinajstić information content (AvgIpc) is 2.28. The van der Waals surface area contributed by atoms with E-state index in [0.717, 1.165) is 6.07 Å². The first kappa shape index (κ1) is 13.9. The Balaban J connectivity index is 2.97. The van der Waals surface area contributed by atoms with Crippen molar-refractivity contribution in [2.45, 2.75) is 13.0 Å². The molecule has 1 aromatic rings. The fraction of sp³-hybridized carbons (Fsp3) is 0.200. The predicted molar refractivity (Wildman–Crippen MR) is 62.2 cm³/mol. The highest BCUT2D eigenvalue weighted by molar-refractivity contribution is 6.32. The van der Waals surface area contributed by atoms with Gasteiger partial charge in [-0.25, -0.2) is 4.79 Å². The van der Waals surface area contributed by atoms with Crippen LogP contribution in [-0.4, -0.2) is 22.9 Å². The number of rotatable bonds is 4. The quantitative estimate of drug-likeness (QED) is 0.504. The van der Waals surface area contributed by atoms with E-state index >= 15 is 0 Å². The standard InChI is InChI=1S/C10H9ClN2O5/c1-5(9(12)14)18-10(15)6-2-3-7(11)8(4-6)13(16)17/h2-5H,1H3,(H2,12,14)/t5-/m1/s1. The van der Waals surface area contributed by atoms with Gasteiger partial charge in [0.1, 0.15) is 5.02 Å². The van der Waals surface area contributed by atoms with E-state index in [1.54, 1.807) is 0 Å². The minimum atomic E-state index is -1.12. The molecule has 0 saturated carbocycles. The van der Waals surface area contributed by atoms with E-state index in [1.807, 2.05) is 0 Å². The van der Waals surface area contributed by atoms with Crippen LogP contribution in [0.4, 0.5) is 5.69 Å². The van der Waals surface area contributed by atoms with Crippen molar-refractivity contribution < 1.29 is 19.2 Å². The number of amides is 1. The number of nitrogens with two attached hydrogens (primary N) is 1. The molecule has 1 atom stereocenters. The van der Waals surface area contributed by atoms with Gasteiger partial charge in [-0.05, 0) is 19.1 Å². The fourth-order valence-electron chi connectivity index (χ4n) is 1.07. The molecule has 1 aromatic carbocycles. The molecule has 0 unspecified atom stereocenters. The zero-order chi connectivity index (χ0) is 13.9. The number of nitro groups is 1. The highest BCUT2D eigenvalue weighted by Gasteiger charge is 2.20. The Hall–Kier alpha value is -2.15. The number of esters is 1. The second-order valence-electron chi connectivity index (χ2n) is 3.37. The van der Waals surface area contributed by atoms with Crippen molar-refractivity contribution in [3.63, 3.8) is 0 Å². The molecule has 0 bridgehead atoms. The van der Waals surface area contributed by atoms with Gasteiger partial charge in [0.15, 0.2) is 6.10 Å². The van der Waals surface area contributed by atoms with Gasteiger partial charge in [-0.3, -0.25) is 14.9 Å². The Bertz CT molecular complexity index is 517. The SMILES string of the molecule is C[C@@H](OC(=O)c1ccc(Cl)c([N+](=O)[O-])c1)C(N)=O. The molecule has 0 aromatic heterocycles. The van der Waals surface area contributed by atoms with Crippen LogP contribution >= 0.6 is 11.6 Å². The molecule has 8 heteroatoms. The second-order valence-corrected chi connectivity index (χ2v) is 3.78. The molecule has 1 rings (SSSR count). The van der Waals surface area contributed by atoms with Crippen molar-refractivity contribution in [3.05, 3.63) is 38.9 Å². The summed E-state index contributed by atoms with van der Waals surface area (Å²) in [6.45, 7) is 1.30. The molecule has 2 N–H and O–H groups in total. The van der Waals surface area contributed by atoms with E-state index in [0.29, 0.717) is 0 Å². The van der Waals surface area contributed by atoms with Gasteiger partial charge in [0.05, 0.1) is 10.5 Å². The monoisotopic (exact) mass is 272 g/mol. The molecule has 0 aliphatic rings. The average molecular weight is 273 g/mol. The third-order valence-electron chi connectivity index (χ3n) is 2.06. The molecule has 0 saturated heterocycles. The number of nitrogens with zero attached hydrogens (tertiary/aromatic N) is 1. The van der Waals surface area contributed by atoms with E-state index < -0.39 is 28.6 Å². The summed E-state index contributed by atoms with van der Waals surface area (Å²) in [7, 11) is 0. The van der Waals surface area contributed by atoms with E-state index in [9.17, 15) is 19.7 Å². The van der Waals surface area contributed by atoms with Crippen LogP contribution in [0.3, 0.4) is 0 Å². The lowest BCUT2D eigenvalue weighted by Gasteiger charge is -2.09. The molecule has 0 aliphatic carbocycles. The number of benzene rings is 1. The number of ether oxygens (including phenoxy) is 1. The molecule has 0 spiro atoms. The maximum Gasteiger partial charge on any atom is 0.339 e. The minimum Gasteiger partial charge on any atom is -0.449 e. The number of hydrogen-bond donors (Lipinski definition) is 1. The summed E-state index contributed by atoms with van der Waals surface area (Å²) in [5.41, 5.74) is 4.42. The van der Waals surface area contributed by atoms with Crippen molar-refractivity contribution in [1.82, 2.24) is 0 Å². The number of halogens is 1. The molecule has 1 amide bonds. The van der Waals surface area contributed by atoms with Gasteiger partial charge in [0.25, 0.3) is 11.6 Å². The van der Waals surface area contributed by atoms with E-state index in [1.165, 1.54) is 19.1 Å². The summed E-state index contributed by atoms with van der Waals surface area (Å²) < 4.78 is 4.69. The zero-order valence-electron chi connectivity index (χ0n) is 9.25. The Morgan fingerprint density at radius 3 is 2.61 bits per heavy atom. The first-order valence-electron chi connectivity index (χ1n) is 4.77. The van der Waals surface area contributed by atoms with Gasteiger partial charge in [0, 0.05) is 6.07 Å². The molecular formula is C10H9ClN2O5. The van der Waals surface area contributed by atoms with Crippen molar-refractivity contribution in [3.8, 4) is 0 Å². The van der Waals surface area contributed by atoms with Crippen LogP contribution < -0.4 is 5.73 Å². The molecule has 0 radical (unpaired) electrons. The predicted octanol–water partition coefficient (Wildman–Crippen LogP) is 1.28. The van der Waals surface area contributed by atoms with Crippen LogP contribution in [0.25, 0.3) is 0 Å². The molecular weight excluding hydrogens is 264 g/mol. The topological polar surface area (TPSA) is 113 Å². The maximum atomic E-state index is 11.5. The number of nitro benzene ring substituents is 1. The Morgan fingerprint density at radius 1 is 1.50 bits per heavy atom. The van der Waals surface area contributed by atoms with Crippen molar-refractivity contribution in [2.24, 2.45) is 5.73 Å². The van der Waals surface area contributed by atoms with Crippen molar-refractivity contribution in [2.75, 3.05) is 0 Å². The van der Waals surface area contributed by atoms with Gasteiger partial charge in [-0.15, -0.1) is 0 Å². The smallest absolute Gasteiger partial charge is 0.339 e. The fourth-order valence-corrected chi connectivity index (χ4v) is 1.25. The van der Waals surface area contributed by atoms with Crippen molar-refractivity contribution >= 4 is 29.2 Å². The molecule has 0 aliphatic heterocycles. The molecule has 0 heterocycles. The largest absolute Gasteiger partial charge is 0.449 e. The summed E-state index contributed by atoms with van der Waals surface area (Å²) >= 11 is 5.58. The maximum absolute atomic E-state index is 11.5. The number of carbonyl (C=O) groups is 2. The highest BCUT2D eigenvalue weighted by atomic mass is 35.5. The lowest BCUT2D eigenvalue weighted by atomic mass is 10.2. The Kier molecular flexibility index (Phi) is 4.22. The molecule has 18 heavy (non-hydrogen) atoms. The summed E-state index contributed by atoms with van der Waals surface area (Å²) in [6.07, 6.45) is -1.12. The molecule has 0 fully saturated rings. The summed E-state index contributed by atoms with van der Waals surface area (Å²) in [4.78, 5) is 32.2. The first-order valence-corrected chi connectivity index (χ1v) is 5.15.